The van der Waals surface area contributed by atoms with Gasteiger partial charge in [0.25, 0.3) is 0 Å². The van der Waals surface area contributed by atoms with Crippen molar-refractivity contribution in [3.05, 3.63) is 53.6 Å². The Bertz CT molecular complexity index is 918. The standard InChI is InChI=1S/C24H34N4O4.CH4/c1-16(2)32-22(29)18-10-11-28-19(12-18)13-26-21(28)20(27-23(30)24(3,4)25)15-31-14-17-8-6-5-7-9-17;/h5-9,13,16,18,20H,10-12,14-15,25H2,1-4H3,(H,27,30);1H4/t18?,20-;/m1./s1. The van der Waals surface area contributed by atoms with Crippen LogP contribution in [0.2, 0.25) is 0 Å². The summed E-state index contributed by atoms with van der Waals surface area (Å²) in [6, 6.07) is 9.40. The number of carbonyl (C=O) groups is 2. The van der Waals surface area contributed by atoms with Crippen LogP contribution in [0.4, 0.5) is 0 Å². The highest BCUT2D eigenvalue weighted by Gasteiger charge is 2.32. The maximum absolute atomic E-state index is 12.6. The Morgan fingerprint density at radius 3 is 2.61 bits per heavy atom. The lowest BCUT2D eigenvalue weighted by atomic mass is 9.96. The molecule has 0 radical (unpaired) electrons. The van der Waals surface area contributed by atoms with Crippen molar-refractivity contribution in [3.63, 3.8) is 0 Å². The van der Waals surface area contributed by atoms with E-state index < -0.39 is 11.6 Å². The van der Waals surface area contributed by atoms with Crippen LogP contribution in [0.5, 0.6) is 0 Å². The smallest absolute Gasteiger partial charge is 0.309 e. The fourth-order valence-electron chi connectivity index (χ4n) is 3.69. The second-order valence-electron chi connectivity index (χ2n) is 9.18. The van der Waals surface area contributed by atoms with Crippen molar-refractivity contribution in [1.29, 1.82) is 0 Å². The van der Waals surface area contributed by atoms with E-state index in [9.17, 15) is 9.59 Å². The summed E-state index contributed by atoms with van der Waals surface area (Å²) in [5, 5.41) is 2.99. The van der Waals surface area contributed by atoms with Crippen LogP contribution in [0.25, 0.3) is 0 Å². The number of nitrogens with two attached hydrogens (primary N) is 1. The van der Waals surface area contributed by atoms with Crippen LogP contribution in [-0.2, 0) is 38.6 Å². The summed E-state index contributed by atoms with van der Waals surface area (Å²) in [5.41, 5.74) is 6.97. The van der Waals surface area contributed by atoms with E-state index in [-0.39, 0.29) is 37.9 Å². The fourth-order valence-corrected chi connectivity index (χ4v) is 3.69. The van der Waals surface area contributed by atoms with E-state index in [1.54, 1.807) is 20.0 Å². The van der Waals surface area contributed by atoms with Crippen LogP contribution in [0.1, 0.15) is 64.7 Å². The summed E-state index contributed by atoms with van der Waals surface area (Å²) in [7, 11) is 0. The van der Waals surface area contributed by atoms with Crippen molar-refractivity contribution in [2.24, 2.45) is 11.7 Å². The molecule has 1 unspecified atom stereocenters. The van der Waals surface area contributed by atoms with E-state index in [1.807, 2.05) is 44.2 Å². The number of fused-ring (bicyclic) bond motifs is 1. The summed E-state index contributed by atoms with van der Waals surface area (Å²) in [6.45, 7) is 8.34. The van der Waals surface area contributed by atoms with E-state index in [2.05, 4.69) is 14.9 Å². The molecule has 0 fully saturated rings. The zero-order valence-electron chi connectivity index (χ0n) is 19.3. The number of benzene rings is 1. The van der Waals surface area contributed by atoms with Crippen LogP contribution >= 0.6 is 0 Å². The lowest BCUT2D eigenvalue weighted by molar-refractivity contribution is -0.153. The molecule has 1 aromatic heterocycles. The van der Waals surface area contributed by atoms with Crippen LogP contribution in [0.3, 0.4) is 0 Å². The number of carbonyl (C=O) groups excluding carboxylic acids is 2. The second-order valence-corrected chi connectivity index (χ2v) is 9.18. The largest absolute Gasteiger partial charge is 0.463 e. The van der Waals surface area contributed by atoms with Gasteiger partial charge in [0.15, 0.2) is 0 Å². The number of imidazole rings is 1. The first kappa shape index (κ1) is 26.5. The van der Waals surface area contributed by atoms with Gasteiger partial charge in [-0.2, -0.15) is 0 Å². The van der Waals surface area contributed by atoms with Gasteiger partial charge in [-0.25, -0.2) is 4.98 Å². The zero-order chi connectivity index (χ0) is 23.3. The number of amides is 1. The number of hydrogen-bond donors (Lipinski definition) is 2. The van der Waals surface area contributed by atoms with Gasteiger partial charge < -0.3 is 25.1 Å². The van der Waals surface area contributed by atoms with E-state index in [0.717, 1.165) is 11.3 Å². The molecule has 2 atom stereocenters. The molecule has 0 saturated heterocycles. The minimum absolute atomic E-state index is 0. The number of esters is 1. The Morgan fingerprint density at radius 1 is 1.27 bits per heavy atom. The Morgan fingerprint density at radius 2 is 1.97 bits per heavy atom. The van der Waals surface area contributed by atoms with E-state index in [1.165, 1.54) is 0 Å². The SMILES string of the molecule is C.CC(C)OC(=O)C1CCn2c(cnc2[C@@H](COCc2ccccc2)NC(=O)C(C)(C)N)C1. The normalized spacial score (nSPS) is 16.5. The molecule has 1 aromatic carbocycles. The molecule has 2 heterocycles. The fraction of sp³-hybridized carbons (Fsp3) is 0.560. The van der Waals surface area contributed by atoms with Crippen molar-refractivity contribution in [1.82, 2.24) is 14.9 Å². The summed E-state index contributed by atoms with van der Waals surface area (Å²) < 4.78 is 13.4. The van der Waals surface area contributed by atoms with Crippen LogP contribution in [0, 0.1) is 5.92 Å². The molecule has 182 valence electrons. The Labute approximate surface area is 196 Å². The second kappa shape index (κ2) is 11.4. The number of aromatic nitrogens is 2. The monoisotopic (exact) mass is 458 g/mol. The molecule has 2 aromatic rings. The Hall–Kier alpha value is -2.71. The van der Waals surface area contributed by atoms with Gasteiger partial charge in [-0.1, -0.05) is 37.8 Å². The van der Waals surface area contributed by atoms with Gasteiger partial charge in [0.05, 0.1) is 30.8 Å². The third-order valence-electron chi connectivity index (χ3n) is 5.41. The van der Waals surface area contributed by atoms with E-state index in [4.69, 9.17) is 15.2 Å². The first-order valence-corrected chi connectivity index (χ1v) is 11.1. The highest BCUT2D eigenvalue weighted by molar-refractivity contribution is 5.85. The topological polar surface area (TPSA) is 108 Å². The van der Waals surface area contributed by atoms with Crippen LogP contribution in [0.15, 0.2) is 36.5 Å². The Balaban J connectivity index is 0.00000385. The van der Waals surface area contributed by atoms with Gasteiger partial charge in [0, 0.05) is 24.9 Å². The quantitative estimate of drug-likeness (QED) is 0.559. The van der Waals surface area contributed by atoms with Gasteiger partial charge in [0.2, 0.25) is 5.91 Å². The van der Waals surface area contributed by atoms with Gasteiger partial charge in [-0.05, 0) is 39.7 Å². The third-order valence-corrected chi connectivity index (χ3v) is 5.41. The third kappa shape index (κ3) is 7.14. The number of nitrogens with zero attached hydrogens (tertiary/aromatic N) is 2. The molecule has 3 rings (SSSR count). The zero-order valence-corrected chi connectivity index (χ0v) is 19.3. The van der Waals surface area contributed by atoms with Gasteiger partial charge in [-0.3, -0.25) is 9.59 Å². The lowest BCUT2D eigenvalue weighted by Crippen LogP contribution is -2.51. The average Bonchev–Trinajstić information content (AvgIpc) is 3.15. The number of rotatable bonds is 9. The van der Waals surface area contributed by atoms with Crippen molar-refractivity contribution < 1.29 is 19.1 Å². The first-order valence-electron chi connectivity index (χ1n) is 11.1. The molecular weight excluding hydrogens is 420 g/mol. The first-order chi connectivity index (χ1) is 15.1. The Kier molecular flexibility index (Phi) is 9.19. The maximum Gasteiger partial charge on any atom is 0.309 e. The molecule has 1 aliphatic heterocycles. The molecule has 0 saturated carbocycles. The molecule has 1 amide bonds. The molecule has 3 N–H and O–H groups in total. The van der Waals surface area contributed by atoms with Gasteiger partial charge >= 0.3 is 5.97 Å². The highest BCUT2D eigenvalue weighted by atomic mass is 16.5. The molecule has 33 heavy (non-hydrogen) atoms. The summed E-state index contributed by atoms with van der Waals surface area (Å²) >= 11 is 0. The molecule has 0 bridgehead atoms. The van der Waals surface area contributed by atoms with E-state index >= 15 is 0 Å². The summed E-state index contributed by atoms with van der Waals surface area (Å²) in [5.74, 6) is 0.0772. The predicted octanol–water partition coefficient (Wildman–Crippen LogP) is 3.14. The minimum Gasteiger partial charge on any atom is -0.463 e. The maximum atomic E-state index is 12.6. The molecule has 8 heteroatoms. The van der Waals surface area contributed by atoms with Crippen LogP contribution in [-0.4, -0.2) is 39.7 Å². The number of ether oxygens (including phenoxy) is 2. The molecule has 8 nitrogen and oxygen atoms in total. The molecular formula is C25H38N4O4. The number of hydrogen-bond acceptors (Lipinski definition) is 6. The highest BCUT2D eigenvalue weighted by Crippen LogP contribution is 2.26. The molecule has 0 aliphatic carbocycles. The minimum atomic E-state index is -1.03. The van der Waals surface area contributed by atoms with Crippen LogP contribution < -0.4 is 11.1 Å². The lowest BCUT2D eigenvalue weighted by Gasteiger charge is -2.28. The van der Waals surface area contributed by atoms with Crippen molar-refractivity contribution in [3.8, 4) is 0 Å². The van der Waals surface area contributed by atoms with Gasteiger partial charge in [0.1, 0.15) is 11.9 Å². The summed E-state index contributed by atoms with van der Waals surface area (Å²) in [4.78, 5) is 29.6. The van der Waals surface area contributed by atoms with Crippen molar-refractivity contribution >= 4 is 11.9 Å². The van der Waals surface area contributed by atoms with Crippen molar-refractivity contribution in [2.45, 2.75) is 78.8 Å². The molecule has 0 spiro atoms. The van der Waals surface area contributed by atoms with Gasteiger partial charge in [-0.15, -0.1) is 0 Å². The number of nitrogens with one attached hydrogen (secondary N) is 1. The summed E-state index contributed by atoms with van der Waals surface area (Å²) in [6.07, 6.45) is 2.86. The van der Waals surface area contributed by atoms with Crippen molar-refractivity contribution in [2.75, 3.05) is 6.61 Å². The predicted molar refractivity (Wildman–Crippen MR) is 127 cm³/mol. The molecule has 1 aliphatic rings. The van der Waals surface area contributed by atoms with E-state index in [0.29, 0.717) is 31.8 Å². The average molecular weight is 459 g/mol.